The zero-order chi connectivity index (χ0) is 14.7. The van der Waals surface area contributed by atoms with Crippen LogP contribution in [0.4, 0.5) is 15.8 Å². The zero-order valence-electron chi connectivity index (χ0n) is 9.95. The quantitative estimate of drug-likeness (QED) is 0.523. The van der Waals surface area contributed by atoms with Crippen LogP contribution in [0.25, 0.3) is 0 Å². The molecule has 0 aliphatic heterocycles. The number of phenolic OH excluding ortho intramolecular Hbond substituents is 1. The topological polar surface area (TPSA) is 44.3 Å². The highest BCUT2D eigenvalue weighted by Crippen LogP contribution is 2.30. The summed E-state index contributed by atoms with van der Waals surface area (Å²) < 4.78 is 13.9. The van der Waals surface area contributed by atoms with Gasteiger partial charge in [-0.05, 0) is 48.6 Å². The Hall–Kier alpha value is -1.37. The van der Waals surface area contributed by atoms with Gasteiger partial charge in [0.25, 0.3) is 0 Å². The molecule has 0 bridgehead atoms. The molecule has 0 aromatic heterocycles. The molecule has 0 radical (unpaired) electrons. The Morgan fingerprint density at radius 2 is 1.85 bits per heavy atom. The Morgan fingerprint density at radius 1 is 1.20 bits per heavy atom. The van der Waals surface area contributed by atoms with Crippen LogP contribution in [0, 0.1) is 5.82 Å². The first-order valence-electron chi connectivity index (χ1n) is 5.47. The maximum absolute atomic E-state index is 13.4. The van der Waals surface area contributed by atoms with Crippen molar-refractivity contribution in [3.63, 3.8) is 0 Å². The number of hydrogen-bond donors (Lipinski definition) is 3. The monoisotopic (exact) mass is 374 g/mol. The van der Waals surface area contributed by atoms with Gasteiger partial charge in [0.1, 0.15) is 0 Å². The molecule has 0 heterocycles. The molecular weight excluding hydrogens is 367 g/mol. The molecule has 104 valence electrons. The van der Waals surface area contributed by atoms with Crippen LogP contribution in [0.2, 0.25) is 5.02 Å². The third kappa shape index (κ3) is 3.82. The molecule has 0 saturated carbocycles. The van der Waals surface area contributed by atoms with Gasteiger partial charge in [-0.3, -0.25) is 0 Å². The number of halogens is 3. The molecule has 0 unspecified atom stereocenters. The van der Waals surface area contributed by atoms with Gasteiger partial charge in [-0.1, -0.05) is 27.5 Å². The number of rotatable bonds is 2. The maximum Gasteiger partial charge on any atom is 0.175 e. The number of nitrogens with one attached hydrogen (secondary N) is 2. The zero-order valence-corrected chi connectivity index (χ0v) is 13.1. The number of phenols is 1. The molecule has 0 aliphatic carbocycles. The second-order valence-corrected chi connectivity index (χ2v) is 5.63. The van der Waals surface area contributed by atoms with Crippen molar-refractivity contribution in [2.24, 2.45) is 0 Å². The average molecular weight is 376 g/mol. The fraction of sp³-hybridized carbons (Fsp3) is 0. The molecule has 3 N–H and O–H groups in total. The van der Waals surface area contributed by atoms with Gasteiger partial charge in [0, 0.05) is 15.2 Å². The van der Waals surface area contributed by atoms with Crippen molar-refractivity contribution < 1.29 is 9.50 Å². The lowest BCUT2D eigenvalue weighted by atomic mass is 10.3. The van der Waals surface area contributed by atoms with Crippen LogP contribution in [-0.2, 0) is 0 Å². The second-order valence-electron chi connectivity index (χ2n) is 3.87. The highest BCUT2D eigenvalue weighted by molar-refractivity contribution is 9.10. The number of thiocarbonyl (C=S) groups is 1. The van der Waals surface area contributed by atoms with E-state index in [1.54, 1.807) is 24.3 Å². The fourth-order valence-corrected chi connectivity index (χ4v) is 2.26. The Labute approximate surface area is 133 Å². The van der Waals surface area contributed by atoms with E-state index in [4.69, 9.17) is 23.8 Å². The molecule has 0 amide bonds. The van der Waals surface area contributed by atoms with E-state index < -0.39 is 11.6 Å². The fourth-order valence-electron chi connectivity index (χ4n) is 1.48. The van der Waals surface area contributed by atoms with Crippen LogP contribution < -0.4 is 10.6 Å². The Morgan fingerprint density at radius 3 is 2.50 bits per heavy atom. The van der Waals surface area contributed by atoms with Gasteiger partial charge in [0.15, 0.2) is 16.7 Å². The molecule has 20 heavy (non-hydrogen) atoms. The summed E-state index contributed by atoms with van der Waals surface area (Å²) in [5.74, 6) is -1.23. The van der Waals surface area contributed by atoms with Crippen LogP contribution in [0.3, 0.4) is 0 Å². The summed E-state index contributed by atoms with van der Waals surface area (Å²) in [7, 11) is 0. The highest BCUT2D eigenvalue weighted by atomic mass is 79.9. The van der Waals surface area contributed by atoms with Crippen molar-refractivity contribution >= 4 is 56.2 Å². The third-order valence-corrected chi connectivity index (χ3v) is 3.29. The standard InChI is InChI=1S/C13H9BrClFN2OS/c14-7-5-10(16)12(19)11(6-7)18-13(20)17-9-3-1-8(15)2-4-9/h1-6,19H,(H2,17,18,20). The van der Waals surface area contributed by atoms with E-state index in [9.17, 15) is 9.50 Å². The van der Waals surface area contributed by atoms with Gasteiger partial charge in [-0.2, -0.15) is 0 Å². The minimum Gasteiger partial charge on any atom is -0.503 e. The highest BCUT2D eigenvalue weighted by Gasteiger charge is 2.10. The minimum atomic E-state index is -0.740. The lowest BCUT2D eigenvalue weighted by molar-refractivity contribution is 0.435. The first kappa shape index (κ1) is 15.0. The molecule has 2 rings (SSSR count). The van der Waals surface area contributed by atoms with E-state index in [-0.39, 0.29) is 10.8 Å². The summed E-state index contributed by atoms with van der Waals surface area (Å²) in [6.07, 6.45) is 0. The van der Waals surface area contributed by atoms with Crippen molar-refractivity contribution in [1.82, 2.24) is 0 Å². The largest absolute Gasteiger partial charge is 0.503 e. The lowest BCUT2D eigenvalue weighted by Crippen LogP contribution is -2.19. The van der Waals surface area contributed by atoms with Crippen molar-refractivity contribution in [2.45, 2.75) is 0 Å². The number of anilines is 2. The number of hydrogen-bond acceptors (Lipinski definition) is 2. The first-order valence-corrected chi connectivity index (χ1v) is 7.05. The van der Waals surface area contributed by atoms with Gasteiger partial charge in [0.2, 0.25) is 0 Å². The van der Waals surface area contributed by atoms with Crippen molar-refractivity contribution in [3.8, 4) is 5.75 Å². The summed E-state index contributed by atoms with van der Waals surface area (Å²) in [4.78, 5) is 0. The van der Waals surface area contributed by atoms with Gasteiger partial charge in [-0.15, -0.1) is 0 Å². The van der Waals surface area contributed by atoms with E-state index in [1.807, 2.05) is 0 Å². The van der Waals surface area contributed by atoms with Crippen LogP contribution in [0.15, 0.2) is 40.9 Å². The summed E-state index contributed by atoms with van der Waals surface area (Å²) in [6, 6.07) is 9.60. The SMILES string of the molecule is Oc1c(F)cc(Br)cc1NC(=S)Nc1ccc(Cl)cc1. The van der Waals surface area contributed by atoms with E-state index in [0.29, 0.717) is 9.50 Å². The van der Waals surface area contributed by atoms with E-state index >= 15 is 0 Å². The van der Waals surface area contributed by atoms with E-state index in [2.05, 4.69) is 26.6 Å². The van der Waals surface area contributed by atoms with Crippen molar-refractivity contribution in [2.75, 3.05) is 10.6 Å². The summed E-state index contributed by atoms with van der Waals surface area (Å²) in [5.41, 5.74) is 0.894. The summed E-state index contributed by atoms with van der Waals surface area (Å²) in [6.45, 7) is 0. The van der Waals surface area contributed by atoms with Gasteiger partial charge in [-0.25, -0.2) is 4.39 Å². The smallest absolute Gasteiger partial charge is 0.175 e. The lowest BCUT2D eigenvalue weighted by Gasteiger charge is -2.12. The average Bonchev–Trinajstić information content (AvgIpc) is 2.38. The molecule has 0 atom stereocenters. The molecule has 0 aliphatic rings. The number of benzene rings is 2. The molecule has 2 aromatic rings. The molecule has 7 heteroatoms. The molecule has 2 aromatic carbocycles. The Kier molecular flexibility index (Phi) is 4.80. The van der Waals surface area contributed by atoms with Gasteiger partial charge in [0.05, 0.1) is 5.69 Å². The maximum atomic E-state index is 13.4. The molecule has 3 nitrogen and oxygen atoms in total. The van der Waals surface area contributed by atoms with E-state index in [0.717, 1.165) is 11.8 Å². The van der Waals surface area contributed by atoms with Gasteiger partial charge >= 0.3 is 0 Å². The molecular formula is C13H9BrClFN2OS. The van der Waals surface area contributed by atoms with Crippen molar-refractivity contribution in [1.29, 1.82) is 0 Å². The summed E-state index contributed by atoms with van der Waals surface area (Å²) in [5, 5.41) is 16.1. The normalized spacial score (nSPS) is 10.2. The second kappa shape index (κ2) is 6.39. The van der Waals surface area contributed by atoms with Crippen LogP contribution in [0.1, 0.15) is 0 Å². The predicted octanol–water partition coefficient (Wildman–Crippen LogP) is 4.76. The van der Waals surface area contributed by atoms with Gasteiger partial charge < -0.3 is 15.7 Å². The van der Waals surface area contributed by atoms with Crippen molar-refractivity contribution in [3.05, 3.63) is 51.7 Å². The minimum absolute atomic E-state index is 0.170. The van der Waals surface area contributed by atoms with Crippen LogP contribution in [0.5, 0.6) is 5.75 Å². The Bertz CT molecular complexity index is 652. The summed E-state index contributed by atoms with van der Waals surface area (Å²) >= 11 is 14.0. The first-order chi connectivity index (χ1) is 9.45. The third-order valence-electron chi connectivity index (χ3n) is 2.38. The van der Waals surface area contributed by atoms with Crippen LogP contribution in [-0.4, -0.2) is 10.2 Å². The van der Waals surface area contributed by atoms with E-state index in [1.165, 1.54) is 6.07 Å². The predicted molar refractivity (Wildman–Crippen MR) is 87.1 cm³/mol. The molecule has 0 fully saturated rings. The molecule has 0 spiro atoms. The molecule has 0 saturated heterocycles. The number of aromatic hydroxyl groups is 1. The Balaban J connectivity index is 2.10. The van der Waals surface area contributed by atoms with Crippen LogP contribution >= 0.6 is 39.7 Å².